The van der Waals surface area contributed by atoms with E-state index in [4.69, 9.17) is 16.1 Å². The molecule has 0 bridgehead atoms. The van der Waals surface area contributed by atoms with Gasteiger partial charge in [0.1, 0.15) is 0 Å². The third kappa shape index (κ3) is 5.02. The van der Waals surface area contributed by atoms with Gasteiger partial charge in [-0.25, -0.2) is 0 Å². The van der Waals surface area contributed by atoms with Crippen molar-refractivity contribution in [3.63, 3.8) is 0 Å². The van der Waals surface area contributed by atoms with Crippen molar-refractivity contribution < 1.29 is 14.1 Å². The Kier molecular flexibility index (Phi) is 6.90. The number of carbonyl (C=O) groups excluding carboxylic acids is 2. The molecule has 0 aliphatic carbocycles. The first-order valence-corrected chi connectivity index (χ1v) is 11.3. The zero-order chi connectivity index (χ0) is 22.5. The molecule has 1 aromatic heterocycles. The molecule has 1 fully saturated rings. The molecule has 1 aliphatic rings. The van der Waals surface area contributed by atoms with Crippen molar-refractivity contribution in [2.45, 2.75) is 38.1 Å². The first-order valence-electron chi connectivity index (χ1n) is 10.9. The van der Waals surface area contributed by atoms with Crippen LogP contribution in [0, 0.1) is 0 Å². The maximum absolute atomic E-state index is 13.0. The SMILES string of the molecule is CCC(C(=O)N1CCC(NC(=O)c2cc(-c3cccc(Cl)c3)on2)CC1)c1ccccc1. The first-order chi connectivity index (χ1) is 15.5. The van der Waals surface area contributed by atoms with Crippen molar-refractivity contribution in [1.29, 1.82) is 0 Å². The summed E-state index contributed by atoms with van der Waals surface area (Å²) >= 11 is 6.02. The molecular weight excluding hydrogens is 426 g/mol. The van der Waals surface area contributed by atoms with E-state index in [0.29, 0.717) is 36.7 Å². The molecule has 2 amide bonds. The van der Waals surface area contributed by atoms with Gasteiger partial charge in [0.15, 0.2) is 11.5 Å². The van der Waals surface area contributed by atoms with E-state index in [1.807, 2.05) is 54.3 Å². The van der Waals surface area contributed by atoms with Crippen molar-refractivity contribution in [3.05, 3.63) is 76.9 Å². The molecule has 2 aromatic carbocycles. The molecule has 4 rings (SSSR count). The summed E-state index contributed by atoms with van der Waals surface area (Å²) < 4.78 is 5.32. The van der Waals surface area contributed by atoms with Crippen LogP contribution in [0.15, 0.2) is 65.2 Å². The number of carbonyl (C=O) groups is 2. The van der Waals surface area contributed by atoms with Gasteiger partial charge in [-0.1, -0.05) is 66.1 Å². The Hall–Kier alpha value is -3.12. The highest BCUT2D eigenvalue weighted by Gasteiger charge is 2.29. The van der Waals surface area contributed by atoms with Gasteiger partial charge in [-0.05, 0) is 37.0 Å². The smallest absolute Gasteiger partial charge is 0.273 e. The molecule has 0 saturated carbocycles. The number of hydrogen-bond acceptors (Lipinski definition) is 4. The molecule has 1 atom stereocenters. The van der Waals surface area contributed by atoms with E-state index in [0.717, 1.165) is 17.5 Å². The lowest BCUT2D eigenvalue weighted by atomic mass is 9.93. The van der Waals surface area contributed by atoms with Crippen molar-refractivity contribution >= 4 is 23.4 Å². The Balaban J connectivity index is 1.32. The third-order valence-electron chi connectivity index (χ3n) is 5.90. The summed E-state index contributed by atoms with van der Waals surface area (Å²) in [5, 5.41) is 7.51. The lowest BCUT2D eigenvalue weighted by molar-refractivity contribution is -0.134. The number of rotatable bonds is 6. The van der Waals surface area contributed by atoms with Gasteiger partial charge in [0.2, 0.25) is 5.91 Å². The quantitative estimate of drug-likeness (QED) is 0.577. The highest BCUT2D eigenvalue weighted by atomic mass is 35.5. The zero-order valence-corrected chi connectivity index (χ0v) is 18.7. The van der Waals surface area contributed by atoms with Crippen molar-refractivity contribution in [1.82, 2.24) is 15.4 Å². The van der Waals surface area contributed by atoms with E-state index >= 15 is 0 Å². The van der Waals surface area contributed by atoms with E-state index in [1.54, 1.807) is 18.2 Å². The summed E-state index contributed by atoms with van der Waals surface area (Å²) in [7, 11) is 0. The monoisotopic (exact) mass is 451 g/mol. The van der Waals surface area contributed by atoms with Crippen LogP contribution in [-0.2, 0) is 4.79 Å². The lowest BCUT2D eigenvalue weighted by Crippen LogP contribution is -2.47. The van der Waals surface area contributed by atoms with Gasteiger partial charge in [0.05, 0.1) is 5.92 Å². The minimum absolute atomic E-state index is 0.00493. The van der Waals surface area contributed by atoms with Gasteiger partial charge in [-0.2, -0.15) is 0 Å². The van der Waals surface area contributed by atoms with Gasteiger partial charge in [0.25, 0.3) is 5.91 Å². The zero-order valence-electron chi connectivity index (χ0n) is 18.0. The van der Waals surface area contributed by atoms with Crippen LogP contribution in [0.3, 0.4) is 0 Å². The van der Waals surface area contributed by atoms with Crippen LogP contribution < -0.4 is 5.32 Å². The van der Waals surface area contributed by atoms with E-state index < -0.39 is 0 Å². The maximum Gasteiger partial charge on any atom is 0.273 e. The van der Waals surface area contributed by atoms with E-state index in [9.17, 15) is 9.59 Å². The van der Waals surface area contributed by atoms with E-state index in [2.05, 4.69) is 10.5 Å². The fourth-order valence-corrected chi connectivity index (χ4v) is 4.31. The number of halogens is 1. The lowest BCUT2D eigenvalue weighted by Gasteiger charge is -2.34. The van der Waals surface area contributed by atoms with Crippen molar-refractivity contribution in [2.75, 3.05) is 13.1 Å². The minimum atomic E-state index is -0.275. The Morgan fingerprint density at radius 1 is 1.12 bits per heavy atom. The maximum atomic E-state index is 13.0. The largest absolute Gasteiger partial charge is 0.355 e. The molecule has 1 unspecified atom stereocenters. The van der Waals surface area contributed by atoms with Crippen molar-refractivity contribution in [2.24, 2.45) is 0 Å². The van der Waals surface area contributed by atoms with E-state index in [1.165, 1.54) is 0 Å². The predicted molar refractivity (Wildman–Crippen MR) is 123 cm³/mol. The number of hydrogen-bond donors (Lipinski definition) is 1. The second-order valence-electron chi connectivity index (χ2n) is 8.03. The molecular formula is C25H26ClN3O3. The van der Waals surface area contributed by atoms with Crippen LogP contribution in [-0.4, -0.2) is 41.0 Å². The molecule has 32 heavy (non-hydrogen) atoms. The van der Waals surface area contributed by atoms with Gasteiger partial charge < -0.3 is 14.7 Å². The van der Waals surface area contributed by atoms with Crippen LogP contribution in [0.25, 0.3) is 11.3 Å². The molecule has 1 N–H and O–H groups in total. The van der Waals surface area contributed by atoms with E-state index in [-0.39, 0.29) is 29.5 Å². The van der Waals surface area contributed by atoms with Gasteiger partial charge in [0, 0.05) is 35.8 Å². The second kappa shape index (κ2) is 10.0. The highest BCUT2D eigenvalue weighted by molar-refractivity contribution is 6.30. The summed E-state index contributed by atoms with van der Waals surface area (Å²) in [5.74, 6) is 0.251. The summed E-state index contributed by atoms with van der Waals surface area (Å²) in [5.41, 5.74) is 2.05. The first kappa shape index (κ1) is 22.1. The number of likely N-dealkylation sites (tertiary alicyclic amines) is 1. The third-order valence-corrected chi connectivity index (χ3v) is 6.14. The number of benzene rings is 2. The molecule has 3 aromatic rings. The molecule has 0 radical (unpaired) electrons. The van der Waals surface area contributed by atoms with Crippen LogP contribution in [0.5, 0.6) is 0 Å². The molecule has 0 spiro atoms. The topological polar surface area (TPSA) is 75.4 Å². The molecule has 6 nitrogen and oxygen atoms in total. The molecule has 7 heteroatoms. The normalized spacial score (nSPS) is 15.4. The fraction of sp³-hybridized carbons (Fsp3) is 0.320. The second-order valence-corrected chi connectivity index (χ2v) is 8.47. The van der Waals surface area contributed by atoms with Gasteiger partial charge in [-0.15, -0.1) is 0 Å². The predicted octanol–water partition coefficient (Wildman–Crippen LogP) is 4.91. The number of nitrogens with one attached hydrogen (secondary N) is 1. The molecule has 166 valence electrons. The van der Waals surface area contributed by atoms with Gasteiger partial charge in [-0.3, -0.25) is 9.59 Å². The highest BCUT2D eigenvalue weighted by Crippen LogP contribution is 2.25. The summed E-state index contributed by atoms with van der Waals surface area (Å²) in [6.07, 6.45) is 2.18. The molecule has 1 saturated heterocycles. The Morgan fingerprint density at radius 2 is 1.88 bits per heavy atom. The summed E-state index contributed by atoms with van der Waals surface area (Å²) in [6, 6.07) is 18.7. The average Bonchev–Trinajstić information content (AvgIpc) is 3.31. The standard InChI is InChI=1S/C25H26ClN3O3/c1-2-21(17-7-4-3-5-8-17)25(31)29-13-11-20(12-14-29)27-24(30)22-16-23(32-28-22)18-9-6-10-19(26)15-18/h3-10,15-16,20-21H,2,11-14H2,1H3,(H,27,30). The molecule has 1 aliphatic heterocycles. The Morgan fingerprint density at radius 3 is 2.56 bits per heavy atom. The van der Waals surface area contributed by atoms with Gasteiger partial charge >= 0.3 is 0 Å². The van der Waals surface area contributed by atoms with Crippen LogP contribution >= 0.6 is 11.6 Å². The fourth-order valence-electron chi connectivity index (χ4n) is 4.12. The summed E-state index contributed by atoms with van der Waals surface area (Å²) in [4.78, 5) is 27.6. The van der Waals surface area contributed by atoms with Crippen LogP contribution in [0.2, 0.25) is 5.02 Å². The Labute approximate surface area is 192 Å². The summed E-state index contributed by atoms with van der Waals surface area (Å²) in [6.45, 7) is 3.29. The minimum Gasteiger partial charge on any atom is -0.355 e. The number of piperidine rings is 1. The Bertz CT molecular complexity index is 1070. The average molecular weight is 452 g/mol. The number of amides is 2. The van der Waals surface area contributed by atoms with Crippen LogP contribution in [0.1, 0.15) is 48.2 Å². The number of nitrogens with zero attached hydrogens (tertiary/aromatic N) is 2. The molecule has 2 heterocycles. The number of aromatic nitrogens is 1. The van der Waals surface area contributed by atoms with Crippen LogP contribution in [0.4, 0.5) is 0 Å². The van der Waals surface area contributed by atoms with Crippen molar-refractivity contribution in [3.8, 4) is 11.3 Å².